The largest absolute Gasteiger partial charge is 1.00 e. The molecule has 0 saturated carbocycles. The molecule has 0 bridgehead atoms. The molecule has 0 spiro atoms. The van der Waals surface area contributed by atoms with Gasteiger partial charge in [-0.15, -0.1) is 0 Å². The van der Waals surface area contributed by atoms with Crippen molar-refractivity contribution in [2.75, 3.05) is 5.75 Å². The molecule has 0 radical (unpaired) electrons. The molecule has 1 aliphatic rings. The van der Waals surface area contributed by atoms with Gasteiger partial charge in [0, 0.05) is 17.0 Å². The van der Waals surface area contributed by atoms with E-state index in [0.717, 1.165) is 18.1 Å². The van der Waals surface area contributed by atoms with Gasteiger partial charge in [0.1, 0.15) is 0 Å². The van der Waals surface area contributed by atoms with Crippen LogP contribution in [0.4, 0.5) is 0 Å². The van der Waals surface area contributed by atoms with Crippen LogP contribution in [0.15, 0.2) is 0 Å². The maximum atomic E-state index is 10.1. The molecule has 1 saturated heterocycles. The molecule has 2 nitrogen and oxygen atoms in total. The third-order valence-electron chi connectivity index (χ3n) is 1.88. The summed E-state index contributed by atoms with van der Waals surface area (Å²) in [5.41, 5.74) is 0. The van der Waals surface area contributed by atoms with E-state index in [2.05, 4.69) is 0 Å². The number of aliphatic carboxylic acids is 1. The van der Waals surface area contributed by atoms with Gasteiger partial charge in [0.2, 0.25) is 0 Å². The number of carboxylic acid groups (broad SMARTS) is 1. The van der Waals surface area contributed by atoms with Crippen LogP contribution in [0.1, 0.15) is 32.1 Å². The van der Waals surface area contributed by atoms with Gasteiger partial charge in [0.15, 0.2) is 0 Å². The smallest absolute Gasteiger partial charge is 0.550 e. The number of hydrogen-bond donors (Lipinski definition) is 0. The summed E-state index contributed by atoms with van der Waals surface area (Å²) in [4.78, 5) is 10.1. The molecular weight excluding hydrogens is 231 g/mol. The summed E-state index contributed by atoms with van der Waals surface area (Å²) >= 11 is 0. The molecule has 70 valence electrons. The van der Waals surface area contributed by atoms with Gasteiger partial charge in [-0.3, -0.25) is 0 Å². The minimum absolute atomic E-state index is 0. The fraction of sp³-hybridized carbons (Fsp3) is 0.875. The molecule has 5 heteroatoms. The normalized spacial score (nSPS) is 21.1. The Bertz CT molecular complexity index is 149. The van der Waals surface area contributed by atoms with Crippen molar-refractivity contribution in [3.8, 4) is 0 Å². The summed E-state index contributed by atoms with van der Waals surface area (Å²) in [5, 5.41) is 10.8. The summed E-state index contributed by atoms with van der Waals surface area (Å²) in [5.74, 6) is 0.346. The second kappa shape index (κ2) is 9.06. The zero-order valence-electron chi connectivity index (χ0n) is 7.95. The molecule has 1 atom stereocenters. The van der Waals surface area contributed by atoms with Crippen LogP contribution >= 0.6 is 21.6 Å². The van der Waals surface area contributed by atoms with Crippen molar-refractivity contribution in [2.24, 2.45) is 0 Å². The second-order valence-electron chi connectivity index (χ2n) is 2.95. The van der Waals surface area contributed by atoms with Crippen LogP contribution in [0.2, 0.25) is 0 Å². The Morgan fingerprint density at radius 3 is 2.77 bits per heavy atom. The molecule has 0 amide bonds. The number of unbranched alkanes of at least 4 members (excludes halogenated alkanes) is 1. The third-order valence-corrected chi connectivity index (χ3v) is 4.89. The first kappa shape index (κ1) is 14.8. The van der Waals surface area contributed by atoms with E-state index in [1.54, 1.807) is 0 Å². The van der Waals surface area contributed by atoms with Gasteiger partial charge in [-0.05, 0) is 25.7 Å². The summed E-state index contributed by atoms with van der Waals surface area (Å²) in [6.45, 7) is 0. The monoisotopic (exact) mass is 244 g/mol. The van der Waals surface area contributed by atoms with Crippen molar-refractivity contribution >= 4 is 27.6 Å². The fourth-order valence-corrected chi connectivity index (χ4v) is 4.23. The molecule has 0 unspecified atom stereocenters. The molecule has 1 fully saturated rings. The third kappa shape index (κ3) is 7.70. The summed E-state index contributed by atoms with van der Waals surface area (Å²) in [6, 6.07) is 0. The molecule has 0 aliphatic carbocycles. The van der Waals surface area contributed by atoms with E-state index in [9.17, 15) is 9.90 Å². The number of carbonyl (C=O) groups excluding carboxylic acids is 1. The Kier molecular flexibility index (Phi) is 10.3. The van der Waals surface area contributed by atoms with Crippen molar-refractivity contribution < 1.29 is 61.3 Å². The SMILES string of the molecule is O=C([O-])CCCC[C@@H]1CCSS1.[K+]. The van der Waals surface area contributed by atoms with Crippen LogP contribution in [0.3, 0.4) is 0 Å². The summed E-state index contributed by atoms with van der Waals surface area (Å²) in [7, 11) is 3.89. The number of carboxylic acids is 1. The Morgan fingerprint density at radius 2 is 2.23 bits per heavy atom. The van der Waals surface area contributed by atoms with Gasteiger partial charge in [-0.2, -0.15) is 0 Å². The van der Waals surface area contributed by atoms with Gasteiger partial charge in [-0.25, -0.2) is 0 Å². The van der Waals surface area contributed by atoms with Crippen molar-refractivity contribution in [3.63, 3.8) is 0 Å². The second-order valence-corrected chi connectivity index (χ2v) is 5.73. The maximum Gasteiger partial charge on any atom is 1.00 e. The molecule has 1 rings (SSSR count). The minimum Gasteiger partial charge on any atom is -0.550 e. The predicted molar refractivity (Wildman–Crippen MR) is 51.9 cm³/mol. The maximum absolute atomic E-state index is 10.1. The van der Waals surface area contributed by atoms with Crippen LogP contribution in [-0.2, 0) is 4.79 Å². The predicted octanol–water partition coefficient (Wildman–Crippen LogP) is -1.55. The molecule has 0 aromatic carbocycles. The molecular formula is C8H13KO2S2. The molecule has 1 aliphatic heterocycles. The van der Waals surface area contributed by atoms with E-state index in [-0.39, 0.29) is 57.8 Å². The topological polar surface area (TPSA) is 40.1 Å². The van der Waals surface area contributed by atoms with Crippen LogP contribution < -0.4 is 56.5 Å². The van der Waals surface area contributed by atoms with Gasteiger partial charge >= 0.3 is 51.4 Å². The zero-order chi connectivity index (χ0) is 8.81. The molecule has 0 N–H and O–H groups in total. The zero-order valence-corrected chi connectivity index (χ0v) is 12.7. The minimum atomic E-state index is -0.913. The van der Waals surface area contributed by atoms with Crippen LogP contribution in [-0.4, -0.2) is 17.0 Å². The Hall–Kier alpha value is 1.81. The molecule has 1 heterocycles. The van der Waals surface area contributed by atoms with Crippen molar-refractivity contribution in [2.45, 2.75) is 37.4 Å². The standard InChI is InChI=1S/C8H14O2S2.K/c9-8(10)4-2-1-3-7-5-6-11-12-7;/h7H,1-6H2,(H,9,10);/q;+1/p-1/t7-;/m1./s1. The number of rotatable bonds is 5. The number of carbonyl (C=O) groups is 1. The molecule has 0 aromatic rings. The van der Waals surface area contributed by atoms with E-state index < -0.39 is 5.97 Å². The van der Waals surface area contributed by atoms with E-state index in [4.69, 9.17) is 0 Å². The van der Waals surface area contributed by atoms with E-state index in [0.29, 0.717) is 0 Å². The average molecular weight is 244 g/mol. The van der Waals surface area contributed by atoms with Gasteiger partial charge < -0.3 is 9.90 Å². The van der Waals surface area contributed by atoms with Crippen molar-refractivity contribution in [1.29, 1.82) is 0 Å². The number of hydrogen-bond acceptors (Lipinski definition) is 4. The first-order valence-corrected chi connectivity index (χ1v) is 6.65. The fourth-order valence-electron chi connectivity index (χ4n) is 1.21. The quantitative estimate of drug-likeness (QED) is 0.334. The first-order valence-electron chi connectivity index (χ1n) is 4.27. The average Bonchev–Trinajstić information content (AvgIpc) is 2.49. The van der Waals surface area contributed by atoms with E-state index >= 15 is 0 Å². The Morgan fingerprint density at radius 1 is 1.46 bits per heavy atom. The Balaban J connectivity index is 0.00000144. The van der Waals surface area contributed by atoms with Crippen LogP contribution in [0, 0.1) is 0 Å². The van der Waals surface area contributed by atoms with Gasteiger partial charge in [-0.1, -0.05) is 28.0 Å². The van der Waals surface area contributed by atoms with E-state index in [1.165, 1.54) is 18.6 Å². The van der Waals surface area contributed by atoms with Crippen molar-refractivity contribution in [1.82, 2.24) is 0 Å². The summed E-state index contributed by atoms with van der Waals surface area (Å²) < 4.78 is 0. The van der Waals surface area contributed by atoms with Crippen LogP contribution in [0.25, 0.3) is 0 Å². The van der Waals surface area contributed by atoms with Gasteiger partial charge in [0.25, 0.3) is 0 Å². The summed E-state index contributed by atoms with van der Waals surface area (Å²) in [6.07, 6.45) is 4.51. The molecule has 0 aromatic heterocycles. The van der Waals surface area contributed by atoms with Gasteiger partial charge in [0.05, 0.1) is 0 Å². The van der Waals surface area contributed by atoms with Crippen LogP contribution in [0.5, 0.6) is 0 Å². The first-order chi connectivity index (χ1) is 5.79. The van der Waals surface area contributed by atoms with E-state index in [1.807, 2.05) is 21.6 Å². The molecule has 13 heavy (non-hydrogen) atoms. The Labute approximate surface area is 130 Å². The van der Waals surface area contributed by atoms with Crippen molar-refractivity contribution in [3.05, 3.63) is 0 Å².